The van der Waals surface area contributed by atoms with Crippen molar-refractivity contribution in [3.05, 3.63) is 97.9 Å². The van der Waals surface area contributed by atoms with Gasteiger partial charge < -0.3 is 15.0 Å². The number of hydrogen-bond donors (Lipinski definition) is 1. The number of benzene rings is 3. The third-order valence-corrected chi connectivity index (χ3v) is 6.54. The predicted molar refractivity (Wildman–Crippen MR) is 147 cm³/mol. The molecule has 3 aromatic rings. The van der Waals surface area contributed by atoms with Crippen LogP contribution < -0.4 is 10.1 Å². The van der Waals surface area contributed by atoms with Crippen LogP contribution in [0.25, 0.3) is 0 Å². The number of halogens is 3. The van der Waals surface area contributed by atoms with Crippen LogP contribution in [0.2, 0.25) is 5.02 Å². The molecule has 3 rings (SSSR count). The molecule has 0 saturated heterocycles. The Morgan fingerprint density at radius 3 is 2.34 bits per heavy atom. The lowest BCUT2D eigenvalue weighted by Gasteiger charge is -2.32. The topological polar surface area (TPSA) is 58.6 Å². The summed E-state index contributed by atoms with van der Waals surface area (Å²) in [6.45, 7) is 3.83. The molecule has 184 valence electrons. The van der Waals surface area contributed by atoms with Crippen molar-refractivity contribution in [2.45, 2.75) is 38.9 Å². The average molecular weight is 623 g/mol. The molecule has 3 aromatic carbocycles. The second kappa shape index (κ2) is 13.1. The van der Waals surface area contributed by atoms with Crippen molar-refractivity contribution in [1.29, 1.82) is 0 Å². The maximum Gasteiger partial charge on any atom is 0.261 e. The van der Waals surface area contributed by atoms with Crippen LogP contribution in [0.5, 0.6) is 5.75 Å². The summed E-state index contributed by atoms with van der Waals surface area (Å²) in [5.41, 5.74) is 1.86. The number of carbonyl (C=O) groups is 2. The van der Waals surface area contributed by atoms with Crippen molar-refractivity contribution in [3.8, 4) is 5.75 Å². The van der Waals surface area contributed by atoms with Crippen LogP contribution in [0.3, 0.4) is 0 Å². The van der Waals surface area contributed by atoms with Crippen molar-refractivity contribution in [2.75, 3.05) is 6.61 Å². The summed E-state index contributed by atoms with van der Waals surface area (Å²) >= 11 is 12.9. The molecule has 0 bridgehead atoms. The molecule has 1 N–H and O–H groups in total. The highest BCUT2D eigenvalue weighted by Gasteiger charge is 2.31. The molecular formula is C27H27Br2ClN2O3. The molecule has 0 unspecified atom stereocenters. The molecule has 1 atom stereocenters. The minimum Gasteiger partial charge on any atom is -0.483 e. The van der Waals surface area contributed by atoms with Crippen molar-refractivity contribution >= 4 is 55.3 Å². The molecule has 2 amide bonds. The number of amides is 2. The average Bonchev–Trinajstić information content (AvgIpc) is 2.81. The summed E-state index contributed by atoms with van der Waals surface area (Å²) in [4.78, 5) is 28.5. The maximum atomic E-state index is 13.6. The van der Waals surface area contributed by atoms with E-state index in [9.17, 15) is 9.59 Å². The Morgan fingerprint density at radius 2 is 1.69 bits per heavy atom. The number of hydrogen-bond acceptors (Lipinski definition) is 3. The van der Waals surface area contributed by atoms with E-state index >= 15 is 0 Å². The molecule has 8 heteroatoms. The van der Waals surface area contributed by atoms with Gasteiger partial charge in [0.25, 0.3) is 5.91 Å². The first-order chi connectivity index (χ1) is 16.7. The van der Waals surface area contributed by atoms with Crippen LogP contribution in [0.1, 0.15) is 25.0 Å². The standard InChI is InChI=1S/C27H27Br2ClN2O3/c1-18(2)31-27(34)24(14-19-7-4-3-5-8-19)32(16-20-9-6-10-21(28)13-20)26(33)17-35-25-12-11-22(30)15-23(25)29/h3-13,15,18,24H,14,16-17H2,1-2H3,(H,31,34)/t24-/m1/s1. The molecule has 0 aliphatic rings. The molecular weight excluding hydrogens is 596 g/mol. The lowest BCUT2D eigenvalue weighted by Crippen LogP contribution is -2.52. The predicted octanol–water partition coefficient (Wildman–Crippen LogP) is 6.41. The molecule has 0 fully saturated rings. The molecule has 0 saturated carbocycles. The van der Waals surface area contributed by atoms with Crippen LogP contribution >= 0.6 is 43.5 Å². The van der Waals surface area contributed by atoms with Crippen molar-refractivity contribution in [1.82, 2.24) is 10.2 Å². The Hall–Kier alpha value is -2.35. The molecule has 5 nitrogen and oxygen atoms in total. The normalized spacial score (nSPS) is 11.7. The zero-order chi connectivity index (χ0) is 25.4. The Bertz CT molecular complexity index is 1160. The smallest absolute Gasteiger partial charge is 0.261 e. The van der Waals surface area contributed by atoms with Gasteiger partial charge in [0.2, 0.25) is 5.91 Å². The molecule has 0 aliphatic carbocycles. The lowest BCUT2D eigenvalue weighted by atomic mass is 10.0. The van der Waals surface area contributed by atoms with Crippen LogP contribution in [-0.4, -0.2) is 35.4 Å². The zero-order valence-corrected chi connectivity index (χ0v) is 23.4. The number of rotatable bonds is 10. The van der Waals surface area contributed by atoms with E-state index in [-0.39, 0.29) is 31.0 Å². The van der Waals surface area contributed by atoms with E-state index in [0.29, 0.717) is 21.7 Å². The summed E-state index contributed by atoms with van der Waals surface area (Å²) in [6, 6.07) is 21.7. The summed E-state index contributed by atoms with van der Waals surface area (Å²) in [7, 11) is 0. The molecule has 0 radical (unpaired) electrons. The Labute approximate surface area is 228 Å². The van der Waals surface area contributed by atoms with Gasteiger partial charge in [0.15, 0.2) is 6.61 Å². The fourth-order valence-electron chi connectivity index (χ4n) is 3.58. The number of nitrogens with zero attached hydrogens (tertiary/aromatic N) is 1. The van der Waals surface area contributed by atoms with Gasteiger partial charge in [-0.1, -0.05) is 70.0 Å². The summed E-state index contributed by atoms with van der Waals surface area (Å²) in [5.74, 6) is -0.0112. The van der Waals surface area contributed by atoms with Crippen molar-refractivity contribution in [2.24, 2.45) is 0 Å². The van der Waals surface area contributed by atoms with Gasteiger partial charge in [0.05, 0.1) is 4.47 Å². The Balaban J connectivity index is 1.92. The maximum absolute atomic E-state index is 13.6. The molecule has 0 aromatic heterocycles. The first kappa shape index (κ1) is 27.2. The molecule has 35 heavy (non-hydrogen) atoms. The minimum absolute atomic E-state index is 0.0649. The van der Waals surface area contributed by atoms with Crippen LogP contribution in [-0.2, 0) is 22.6 Å². The van der Waals surface area contributed by atoms with Crippen molar-refractivity contribution < 1.29 is 14.3 Å². The van der Waals surface area contributed by atoms with Crippen LogP contribution in [0.15, 0.2) is 81.7 Å². The molecule has 0 aliphatic heterocycles. The SMILES string of the molecule is CC(C)NC(=O)[C@@H](Cc1ccccc1)N(Cc1cccc(Br)c1)C(=O)COc1ccc(Cl)cc1Br. The quantitative estimate of drug-likeness (QED) is 0.285. The fourth-order valence-corrected chi connectivity index (χ4v) is 4.83. The lowest BCUT2D eigenvalue weighted by molar-refractivity contribution is -0.143. The first-order valence-electron chi connectivity index (χ1n) is 11.2. The minimum atomic E-state index is -0.719. The van der Waals surface area contributed by atoms with Gasteiger partial charge in [-0.05, 0) is 71.2 Å². The number of ether oxygens (including phenoxy) is 1. The monoisotopic (exact) mass is 620 g/mol. The summed E-state index contributed by atoms with van der Waals surface area (Å²) in [5, 5.41) is 3.54. The van der Waals surface area contributed by atoms with E-state index in [1.54, 1.807) is 23.1 Å². The van der Waals surface area contributed by atoms with E-state index < -0.39 is 6.04 Å². The zero-order valence-electron chi connectivity index (χ0n) is 19.5. The van der Waals surface area contributed by atoms with E-state index in [1.807, 2.05) is 68.4 Å². The molecule has 0 spiro atoms. The van der Waals surface area contributed by atoms with E-state index in [2.05, 4.69) is 37.2 Å². The van der Waals surface area contributed by atoms with E-state index in [1.165, 1.54) is 0 Å². The van der Waals surface area contributed by atoms with Crippen LogP contribution in [0, 0.1) is 0 Å². The van der Waals surface area contributed by atoms with Gasteiger partial charge >= 0.3 is 0 Å². The number of nitrogens with one attached hydrogen (secondary N) is 1. The first-order valence-corrected chi connectivity index (χ1v) is 13.2. The van der Waals surface area contributed by atoms with Gasteiger partial charge in [0, 0.05) is 28.5 Å². The summed E-state index contributed by atoms with van der Waals surface area (Å²) in [6.07, 6.45) is 0.379. The Morgan fingerprint density at radius 1 is 0.971 bits per heavy atom. The second-order valence-corrected chi connectivity index (χ2v) is 10.6. The van der Waals surface area contributed by atoms with Gasteiger partial charge in [-0.15, -0.1) is 0 Å². The van der Waals surface area contributed by atoms with E-state index in [4.69, 9.17) is 16.3 Å². The largest absolute Gasteiger partial charge is 0.483 e. The third-order valence-electron chi connectivity index (χ3n) is 5.19. The summed E-state index contributed by atoms with van der Waals surface area (Å²) < 4.78 is 7.37. The second-order valence-electron chi connectivity index (χ2n) is 8.38. The molecule has 0 heterocycles. The van der Waals surface area contributed by atoms with Gasteiger partial charge in [-0.2, -0.15) is 0 Å². The van der Waals surface area contributed by atoms with Gasteiger partial charge in [-0.25, -0.2) is 0 Å². The third kappa shape index (κ3) is 8.37. The van der Waals surface area contributed by atoms with E-state index in [0.717, 1.165) is 15.6 Å². The van der Waals surface area contributed by atoms with Gasteiger partial charge in [-0.3, -0.25) is 9.59 Å². The highest BCUT2D eigenvalue weighted by atomic mass is 79.9. The van der Waals surface area contributed by atoms with Crippen LogP contribution in [0.4, 0.5) is 0 Å². The van der Waals surface area contributed by atoms with Crippen molar-refractivity contribution in [3.63, 3.8) is 0 Å². The number of carbonyl (C=O) groups excluding carboxylic acids is 2. The fraction of sp³-hybridized carbons (Fsp3) is 0.259. The van der Waals surface area contributed by atoms with Gasteiger partial charge in [0.1, 0.15) is 11.8 Å². The highest BCUT2D eigenvalue weighted by Crippen LogP contribution is 2.28. The highest BCUT2D eigenvalue weighted by molar-refractivity contribution is 9.10. The Kier molecular flexibility index (Phi) is 10.2.